The van der Waals surface area contributed by atoms with Crippen LogP contribution in [0.3, 0.4) is 0 Å². The summed E-state index contributed by atoms with van der Waals surface area (Å²) in [5.41, 5.74) is 5.57. The summed E-state index contributed by atoms with van der Waals surface area (Å²) in [6.07, 6.45) is 0. The van der Waals surface area contributed by atoms with Gasteiger partial charge in [0.25, 0.3) is 0 Å². The molecule has 6 heteroatoms. The molecule has 0 bridgehead atoms. The first-order valence-corrected chi connectivity index (χ1v) is 10.8. The number of rotatable bonds is 4. The van der Waals surface area contributed by atoms with Gasteiger partial charge in [-0.25, -0.2) is 4.79 Å². The lowest BCUT2D eigenvalue weighted by Gasteiger charge is -2.26. The van der Waals surface area contributed by atoms with Gasteiger partial charge in [0.15, 0.2) is 0 Å². The van der Waals surface area contributed by atoms with Gasteiger partial charge >= 0.3 is 6.03 Å². The molecule has 0 saturated carbocycles. The largest absolute Gasteiger partial charge is 0.323 e. The van der Waals surface area contributed by atoms with Crippen molar-refractivity contribution in [1.29, 1.82) is 0 Å². The molecule has 30 heavy (non-hydrogen) atoms. The van der Waals surface area contributed by atoms with Crippen molar-refractivity contribution in [3.05, 3.63) is 89.5 Å². The Balaban J connectivity index is 1.47. The van der Waals surface area contributed by atoms with Gasteiger partial charge in [-0.05, 0) is 60.9 Å². The molecule has 3 aromatic rings. The van der Waals surface area contributed by atoms with Crippen molar-refractivity contribution in [2.24, 2.45) is 0 Å². The molecule has 0 radical (unpaired) electrons. The van der Waals surface area contributed by atoms with Crippen molar-refractivity contribution in [3.63, 3.8) is 0 Å². The number of benzene rings is 3. The maximum absolute atomic E-state index is 12.6. The van der Waals surface area contributed by atoms with Gasteiger partial charge in [0.1, 0.15) is 5.37 Å². The molecule has 0 aromatic heterocycles. The minimum absolute atomic E-state index is 0.0752. The van der Waals surface area contributed by atoms with Crippen LogP contribution in [-0.4, -0.2) is 17.7 Å². The topological polar surface area (TPSA) is 61.4 Å². The summed E-state index contributed by atoms with van der Waals surface area (Å²) >= 11 is 1.61. The first-order valence-electron chi connectivity index (χ1n) is 9.75. The number of amides is 3. The molecule has 3 aromatic carbocycles. The van der Waals surface area contributed by atoms with E-state index < -0.39 is 0 Å². The fourth-order valence-corrected chi connectivity index (χ4v) is 4.68. The number of urea groups is 1. The maximum atomic E-state index is 12.6. The third-order valence-electron chi connectivity index (χ3n) is 4.97. The third kappa shape index (κ3) is 4.33. The molecular weight excluding hydrogens is 394 g/mol. The molecule has 5 nitrogen and oxygen atoms in total. The minimum atomic E-state index is -0.291. The van der Waals surface area contributed by atoms with Crippen LogP contribution in [0.15, 0.2) is 72.8 Å². The summed E-state index contributed by atoms with van der Waals surface area (Å²) in [5.74, 6) is 0.566. The Morgan fingerprint density at radius 1 is 0.933 bits per heavy atom. The van der Waals surface area contributed by atoms with E-state index in [2.05, 4.69) is 10.6 Å². The summed E-state index contributed by atoms with van der Waals surface area (Å²) in [5, 5.41) is 5.61. The molecule has 2 N–H and O–H groups in total. The quantitative estimate of drug-likeness (QED) is 0.570. The van der Waals surface area contributed by atoms with E-state index in [9.17, 15) is 9.59 Å². The summed E-state index contributed by atoms with van der Waals surface area (Å²) in [6.45, 7) is 4.00. The molecular formula is C24H23N3O2S. The number of thioether (sulfide) groups is 1. The molecule has 4 rings (SSSR count). The smallest absolute Gasteiger partial charge is 0.308 e. The van der Waals surface area contributed by atoms with Crippen molar-refractivity contribution in [1.82, 2.24) is 0 Å². The minimum Gasteiger partial charge on any atom is -0.308 e. The zero-order valence-corrected chi connectivity index (χ0v) is 17.7. The van der Waals surface area contributed by atoms with Gasteiger partial charge < -0.3 is 10.6 Å². The van der Waals surface area contributed by atoms with Crippen LogP contribution in [0.4, 0.5) is 21.9 Å². The predicted molar refractivity (Wildman–Crippen MR) is 124 cm³/mol. The fourth-order valence-electron chi connectivity index (χ4n) is 3.51. The van der Waals surface area contributed by atoms with Crippen LogP contribution in [0.2, 0.25) is 0 Å². The van der Waals surface area contributed by atoms with Crippen LogP contribution < -0.4 is 15.5 Å². The molecule has 1 atom stereocenters. The first-order chi connectivity index (χ1) is 14.5. The standard InChI is InChI=1S/C24H23N3O2S/c1-16-6-5-8-20(14-16)26-24(29)25-19-12-10-18(11-13-19)23-27(22(28)15-30-23)21-9-4-3-7-17(21)2/h3-14,23H,15H2,1-2H3,(H2,25,26,29). The molecule has 1 unspecified atom stereocenters. The lowest BCUT2D eigenvalue weighted by molar-refractivity contribution is -0.115. The SMILES string of the molecule is Cc1cccc(NC(=O)Nc2ccc(C3SCC(=O)N3c3ccccc3C)cc2)c1. The lowest BCUT2D eigenvalue weighted by atomic mass is 10.1. The second-order valence-electron chi connectivity index (χ2n) is 7.28. The zero-order chi connectivity index (χ0) is 21.1. The van der Waals surface area contributed by atoms with E-state index in [4.69, 9.17) is 0 Å². The molecule has 3 amide bonds. The van der Waals surface area contributed by atoms with E-state index in [0.717, 1.165) is 28.1 Å². The molecule has 152 valence electrons. The van der Waals surface area contributed by atoms with Gasteiger partial charge in [0, 0.05) is 17.1 Å². The first kappa shape index (κ1) is 20.0. The average Bonchev–Trinajstić information content (AvgIpc) is 3.10. The Labute approximate surface area is 180 Å². The molecule has 0 aliphatic carbocycles. The normalized spacial score (nSPS) is 15.9. The van der Waals surface area contributed by atoms with Crippen LogP contribution in [0, 0.1) is 13.8 Å². The highest BCUT2D eigenvalue weighted by Gasteiger charge is 2.34. The van der Waals surface area contributed by atoms with Crippen molar-refractivity contribution in [2.45, 2.75) is 19.2 Å². The van der Waals surface area contributed by atoms with E-state index >= 15 is 0 Å². The second-order valence-corrected chi connectivity index (χ2v) is 8.35. The summed E-state index contributed by atoms with van der Waals surface area (Å²) in [7, 11) is 0. The number of hydrogen-bond donors (Lipinski definition) is 2. The Morgan fingerprint density at radius 3 is 2.40 bits per heavy atom. The molecule has 0 spiro atoms. The number of aryl methyl sites for hydroxylation is 2. The number of anilines is 3. The van der Waals surface area contributed by atoms with Crippen molar-refractivity contribution >= 4 is 40.8 Å². The molecule has 1 saturated heterocycles. The number of hydrogen-bond acceptors (Lipinski definition) is 3. The van der Waals surface area contributed by atoms with Crippen molar-refractivity contribution in [2.75, 3.05) is 21.3 Å². The third-order valence-corrected chi connectivity index (χ3v) is 6.18. The number of carbonyl (C=O) groups excluding carboxylic acids is 2. The Bertz CT molecular complexity index is 1080. The van der Waals surface area contributed by atoms with Crippen LogP contribution in [0.25, 0.3) is 0 Å². The number of nitrogens with zero attached hydrogens (tertiary/aromatic N) is 1. The monoisotopic (exact) mass is 417 g/mol. The molecule has 1 heterocycles. The Morgan fingerprint density at radius 2 is 1.67 bits per heavy atom. The predicted octanol–water partition coefficient (Wildman–Crippen LogP) is 5.73. The average molecular weight is 418 g/mol. The van der Waals surface area contributed by atoms with E-state index in [-0.39, 0.29) is 17.3 Å². The lowest BCUT2D eigenvalue weighted by Crippen LogP contribution is -2.28. The molecule has 1 aliphatic heterocycles. The van der Waals surface area contributed by atoms with E-state index in [1.165, 1.54) is 0 Å². The summed E-state index contributed by atoms with van der Waals surface area (Å²) in [4.78, 5) is 26.7. The van der Waals surface area contributed by atoms with Crippen LogP contribution >= 0.6 is 11.8 Å². The highest BCUT2D eigenvalue weighted by atomic mass is 32.2. The number of nitrogens with one attached hydrogen (secondary N) is 2. The van der Waals surface area contributed by atoms with Crippen LogP contribution in [-0.2, 0) is 4.79 Å². The van der Waals surface area contributed by atoms with Crippen LogP contribution in [0.1, 0.15) is 22.1 Å². The van der Waals surface area contributed by atoms with E-state index in [1.807, 2.05) is 91.5 Å². The van der Waals surface area contributed by atoms with E-state index in [0.29, 0.717) is 11.4 Å². The highest BCUT2D eigenvalue weighted by molar-refractivity contribution is 8.00. The maximum Gasteiger partial charge on any atom is 0.323 e. The number of para-hydroxylation sites is 1. The highest BCUT2D eigenvalue weighted by Crippen LogP contribution is 2.42. The zero-order valence-electron chi connectivity index (χ0n) is 16.9. The fraction of sp³-hybridized carbons (Fsp3) is 0.167. The van der Waals surface area contributed by atoms with Gasteiger partial charge in [-0.2, -0.15) is 0 Å². The van der Waals surface area contributed by atoms with Gasteiger partial charge in [0.2, 0.25) is 5.91 Å². The Hall–Kier alpha value is -3.25. The summed E-state index contributed by atoms with van der Waals surface area (Å²) in [6, 6.07) is 22.9. The molecule has 1 aliphatic rings. The Kier molecular flexibility index (Phi) is 5.77. The van der Waals surface area contributed by atoms with Crippen molar-refractivity contribution < 1.29 is 9.59 Å². The van der Waals surface area contributed by atoms with Gasteiger partial charge in [-0.3, -0.25) is 9.69 Å². The van der Waals surface area contributed by atoms with E-state index in [1.54, 1.807) is 11.8 Å². The molecule has 1 fully saturated rings. The second kappa shape index (κ2) is 8.63. The van der Waals surface area contributed by atoms with Gasteiger partial charge in [-0.1, -0.05) is 42.5 Å². The number of carbonyl (C=O) groups is 2. The van der Waals surface area contributed by atoms with Gasteiger partial charge in [-0.15, -0.1) is 11.8 Å². The summed E-state index contributed by atoms with van der Waals surface area (Å²) < 4.78 is 0. The van der Waals surface area contributed by atoms with Crippen molar-refractivity contribution in [3.8, 4) is 0 Å². The van der Waals surface area contributed by atoms with Crippen LogP contribution in [0.5, 0.6) is 0 Å². The van der Waals surface area contributed by atoms with Gasteiger partial charge in [0.05, 0.1) is 5.75 Å².